The molecular formula is C69H130N2O21. The van der Waals surface area contributed by atoms with Gasteiger partial charge >= 0.3 is 5.97 Å². The Hall–Kier alpha value is -2.27. The molecule has 542 valence electrons. The van der Waals surface area contributed by atoms with Crippen molar-refractivity contribution >= 4 is 17.8 Å². The number of aliphatic carboxylic acids is 1. The lowest BCUT2D eigenvalue weighted by molar-refractivity contribution is -0.386. The maximum Gasteiger partial charge on any atom is 0.364 e. The molecule has 3 aliphatic heterocycles. The summed E-state index contributed by atoms with van der Waals surface area (Å²) in [5, 5.41) is 136. The first-order valence-electron chi connectivity index (χ1n) is 36.4. The normalized spacial score (nSPS) is 28.2. The van der Waals surface area contributed by atoms with Crippen molar-refractivity contribution in [3.8, 4) is 0 Å². The van der Waals surface area contributed by atoms with Gasteiger partial charge in [-0.3, -0.25) is 9.59 Å². The van der Waals surface area contributed by atoms with E-state index < -0.39 is 148 Å². The summed E-state index contributed by atoms with van der Waals surface area (Å²) in [4.78, 5) is 38.5. The number of amides is 2. The Labute approximate surface area is 550 Å². The molecule has 23 heteroatoms. The zero-order valence-corrected chi connectivity index (χ0v) is 56.7. The largest absolute Gasteiger partial charge is 0.477 e. The topological polar surface area (TPSA) is 373 Å². The van der Waals surface area contributed by atoms with Crippen molar-refractivity contribution in [2.45, 2.75) is 394 Å². The fourth-order valence-electron chi connectivity index (χ4n) is 13.0. The van der Waals surface area contributed by atoms with Crippen molar-refractivity contribution in [1.29, 1.82) is 0 Å². The van der Waals surface area contributed by atoms with Crippen molar-refractivity contribution in [3.05, 3.63) is 0 Å². The Morgan fingerprint density at radius 1 is 0.522 bits per heavy atom. The summed E-state index contributed by atoms with van der Waals surface area (Å²) in [5.74, 6) is -6.09. The number of unbranched alkanes of at least 4 members (excludes halogenated alkanes) is 36. The Morgan fingerprint density at radius 2 is 0.946 bits per heavy atom. The third-order valence-electron chi connectivity index (χ3n) is 18.8. The Kier molecular flexibility index (Phi) is 45.7. The standard InChI is InChI=1S/C69H130N2O21/c1-4-6-8-10-12-14-15-16-17-18-19-20-21-22-23-24-25-26-27-28-29-30-31-32-33-35-37-39-41-43-56(79)71-50(51(76)42-40-38-36-34-13-11-9-7-5-2)48-87-66-61(83)60(82)63(55(47-74)89-66)90-67-62(84)65(59(81)54(46-73)88-67)92-69(68(85)86)44-52(77)57(70-49(3)75)64(91-69)58(80)53(78)45-72/h50-55,57-67,72-74,76-78,80-84H,4-48H2,1-3H3,(H,70,75)(H,71,79)(H,85,86). The van der Waals surface area contributed by atoms with Gasteiger partial charge in [0.15, 0.2) is 12.6 Å². The molecule has 0 aromatic carbocycles. The maximum absolute atomic E-state index is 13.4. The molecule has 18 unspecified atom stereocenters. The molecule has 3 fully saturated rings. The SMILES string of the molecule is CCCCCCCCCCCCCCCCCCCCCCCCCCCCCCCC(=O)NC(COC1OC(CO)C(OC2OC(CO)C(O)C(OC3(C(=O)O)CC(O)C(NC(C)=O)C(C(O)C(O)CO)O3)C2O)C(O)C1O)C(O)CCCCCCCCCCC. The number of carboxylic acid groups (broad SMARTS) is 1. The van der Waals surface area contributed by atoms with Crippen LogP contribution in [0.2, 0.25) is 0 Å². The van der Waals surface area contributed by atoms with Gasteiger partial charge in [0.25, 0.3) is 5.79 Å². The van der Waals surface area contributed by atoms with Crippen LogP contribution in [0.1, 0.15) is 284 Å². The molecule has 23 nitrogen and oxygen atoms in total. The van der Waals surface area contributed by atoms with E-state index in [1.807, 2.05) is 0 Å². The first kappa shape index (κ1) is 84.0. The van der Waals surface area contributed by atoms with E-state index in [0.29, 0.717) is 19.3 Å². The highest BCUT2D eigenvalue weighted by Gasteiger charge is 2.60. The van der Waals surface area contributed by atoms with E-state index in [0.717, 1.165) is 51.9 Å². The summed E-state index contributed by atoms with van der Waals surface area (Å²) >= 11 is 0. The van der Waals surface area contributed by atoms with Crippen LogP contribution in [0.4, 0.5) is 0 Å². The van der Waals surface area contributed by atoms with Gasteiger partial charge < -0.3 is 100 Å². The lowest BCUT2D eigenvalue weighted by Gasteiger charge is -2.50. The summed E-state index contributed by atoms with van der Waals surface area (Å²) in [6.45, 7) is 2.19. The van der Waals surface area contributed by atoms with Crippen LogP contribution in [0, 0.1) is 0 Å². The van der Waals surface area contributed by atoms with Gasteiger partial charge in [0.2, 0.25) is 11.8 Å². The van der Waals surface area contributed by atoms with E-state index in [4.69, 9.17) is 28.4 Å². The Bertz CT molecular complexity index is 1860. The van der Waals surface area contributed by atoms with Crippen LogP contribution in [0.3, 0.4) is 0 Å². The van der Waals surface area contributed by atoms with Crippen LogP contribution in [0.5, 0.6) is 0 Å². The van der Waals surface area contributed by atoms with Crippen molar-refractivity contribution in [2.24, 2.45) is 0 Å². The van der Waals surface area contributed by atoms with E-state index in [1.54, 1.807) is 0 Å². The minimum Gasteiger partial charge on any atom is -0.477 e. The highest BCUT2D eigenvalue weighted by atomic mass is 16.8. The van der Waals surface area contributed by atoms with E-state index in [1.165, 1.54) is 186 Å². The van der Waals surface area contributed by atoms with Crippen LogP contribution in [0.15, 0.2) is 0 Å². The van der Waals surface area contributed by atoms with Crippen LogP contribution in [-0.2, 0) is 42.8 Å². The fourth-order valence-corrected chi connectivity index (χ4v) is 13.0. The zero-order valence-electron chi connectivity index (χ0n) is 56.7. The van der Waals surface area contributed by atoms with E-state index in [2.05, 4.69) is 24.5 Å². The molecule has 14 N–H and O–H groups in total. The third-order valence-corrected chi connectivity index (χ3v) is 18.8. The van der Waals surface area contributed by atoms with Gasteiger partial charge in [-0.25, -0.2) is 4.79 Å². The third kappa shape index (κ3) is 31.9. The number of aliphatic hydroxyl groups is 11. The van der Waals surface area contributed by atoms with Crippen molar-refractivity contribution in [3.63, 3.8) is 0 Å². The van der Waals surface area contributed by atoms with Gasteiger partial charge in [0.1, 0.15) is 67.1 Å². The summed E-state index contributed by atoms with van der Waals surface area (Å²) in [7, 11) is 0. The van der Waals surface area contributed by atoms with Crippen LogP contribution in [-0.4, -0.2) is 215 Å². The number of aliphatic hydroxyl groups excluding tert-OH is 11. The molecule has 2 amide bonds. The Morgan fingerprint density at radius 3 is 1.36 bits per heavy atom. The predicted octanol–water partition coefficient (Wildman–Crippen LogP) is 7.29. The van der Waals surface area contributed by atoms with Crippen molar-refractivity contribution in [2.75, 3.05) is 26.4 Å². The second kappa shape index (κ2) is 50.1. The van der Waals surface area contributed by atoms with Gasteiger partial charge in [-0.2, -0.15) is 0 Å². The van der Waals surface area contributed by atoms with Gasteiger partial charge in [0, 0.05) is 19.8 Å². The number of hydrogen-bond acceptors (Lipinski definition) is 20. The highest BCUT2D eigenvalue weighted by Crippen LogP contribution is 2.39. The smallest absolute Gasteiger partial charge is 0.364 e. The van der Waals surface area contributed by atoms with Gasteiger partial charge in [-0.05, 0) is 12.8 Å². The molecule has 3 rings (SSSR count). The van der Waals surface area contributed by atoms with Gasteiger partial charge in [0.05, 0.1) is 50.7 Å². The molecule has 3 heterocycles. The number of rotatable bonds is 56. The summed E-state index contributed by atoms with van der Waals surface area (Å²) in [5.41, 5.74) is 0. The Balaban J connectivity index is 1.46. The molecule has 3 aliphatic rings. The van der Waals surface area contributed by atoms with Gasteiger partial charge in [-0.1, -0.05) is 251 Å². The first-order chi connectivity index (χ1) is 44.4. The number of carbonyl (C=O) groups is 3. The molecule has 0 saturated carbocycles. The van der Waals surface area contributed by atoms with Crippen molar-refractivity contribution < 1.29 is 104 Å². The molecule has 92 heavy (non-hydrogen) atoms. The molecule has 0 aromatic heterocycles. The lowest BCUT2D eigenvalue weighted by atomic mass is 9.88. The number of carbonyl (C=O) groups excluding carboxylic acids is 2. The van der Waals surface area contributed by atoms with Crippen molar-refractivity contribution in [1.82, 2.24) is 10.6 Å². The summed E-state index contributed by atoms with van der Waals surface area (Å²) < 4.78 is 34.8. The maximum atomic E-state index is 13.4. The van der Waals surface area contributed by atoms with E-state index >= 15 is 0 Å². The average molecular weight is 1320 g/mol. The molecule has 0 radical (unpaired) electrons. The number of nitrogens with one attached hydrogen (secondary N) is 2. The van der Waals surface area contributed by atoms with Crippen LogP contribution in [0.25, 0.3) is 0 Å². The second-order valence-electron chi connectivity index (χ2n) is 26.8. The molecule has 3 saturated heterocycles. The predicted molar refractivity (Wildman–Crippen MR) is 348 cm³/mol. The average Bonchev–Trinajstić information content (AvgIpc) is 0.794. The van der Waals surface area contributed by atoms with Crippen LogP contribution < -0.4 is 10.6 Å². The van der Waals surface area contributed by atoms with E-state index in [-0.39, 0.29) is 18.9 Å². The lowest BCUT2D eigenvalue weighted by Crippen LogP contribution is -2.70. The summed E-state index contributed by atoms with van der Waals surface area (Å²) in [6, 6.07) is -2.52. The van der Waals surface area contributed by atoms with Gasteiger partial charge in [-0.15, -0.1) is 0 Å². The summed E-state index contributed by atoms with van der Waals surface area (Å²) in [6.07, 6.45) is 18.7. The number of ether oxygens (including phenoxy) is 6. The quantitative estimate of drug-likeness (QED) is 0.0266. The molecule has 0 bridgehead atoms. The number of hydrogen-bond donors (Lipinski definition) is 14. The first-order valence-corrected chi connectivity index (χ1v) is 36.4. The van der Waals surface area contributed by atoms with E-state index in [9.17, 15) is 75.7 Å². The minimum absolute atomic E-state index is 0.229. The molecule has 0 spiro atoms. The minimum atomic E-state index is -3.08. The molecular weight excluding hydrogens is 1190 g/mol. The molecule has 0 aliphatic carbocycles. The fraction of sp³-hybridized carbons (Fsp3) is 0.957. The number of carboxylic acids is 1. The highest BCUT2D eigenvalue weighted by molar-refractivity contribution is 5.77. The molecule has 0 aromatic rings. The molecule has 18 atom stereocenters. The monoisotopic (exact) mass is 1320 g/mol. The van der Waals surface area contributed by atoms with Crippen LogP contribution >= 0.6 is 0 Å². The zero-order chi connectivity index (χ0) is 67.5. The second-order valence-corrected chi connectivity index (χ2v) is 26.8.